The van der Waals surface area contributed by atoms with Gasteiger partial charge in [-0.3, -0.25) is 0 Å². The van der Waals surface area contributed by atoms with Gasteiger partial charge in [0.2, 0.25) is 0 Å². The van der Waals surface area contributed by atoms with Crippen LogP contribution in [-0.2, 0) is 9.59 Å². The molecule has 0 saturated carbocycles. The Morgan fingerprint density at radius 2 is 1.33 bits per heavy atom. The zero-order chi connectivity index (χ0) is 19.2. The van der Waals surface area contributed by atoms with Gasteiger partial charge in [0.05, 0.1) is 0 Å². The fourth-order valence-corrected chi connectivity index (χ4v) is 1.51. The number of nitrogens with two attached hydrogens (primary N) is 2. The fourth-order valence-electron chi connectivity index (χ4n) is 1.51. The molecular formula is C18H32N2O4. The van der Waals surface area contributed by atoms with Crippen molar-refractivity contribution in [3.8, 4) is 0 Å². The number of carboxylic acid groups (broad SMARTS) is 2. The lowest BCUT2D eigenvalue weighted by Gasteiger charge is -2.15. The van der Waals surface area contributed by atoms with Gasteiger partial charge < -0.3 is 21.7 Å². The first-order valence-electron chi connectivity index (χ1n) is 8.11. The first-order chi connectivity index (χ1) is 11.1. The summed E-state index contributed by atoms with van der Waals surface area (Å²) >= 11 is 0. The zero-order valence-electron chi connectivity index (χ0n) is 15.2. The third kappa shape index (κ3) is 10.7. The summed E-state index contributed by atoms with van der Waals surface area (Å²) in [7, 11) is 0. The summed E-state index contributed by atoms with van der Waals surface area (Å²) in [5, 5.41) is 17.4. The molecule has 0 aliphatic rings. The summed E-state index contributed by atoms with van der Waals surface area (Å²) in [6.45, 7) is 7.25. The maximum absolute atomic E-state index is 11.0. The van der Waals surface area contributed by atoms with E-state index in [0.29, 0.717) is 0 Å². The van der Waals surface area contributed by atoms with Crippen molar-refractivity contribution in [2.75, 3.05) is 0 Å². The lowest BCUT2D eigenvalue weighted by atomic mass is 9.98. The number of allylic oxidation sites excluding steroid dienone is 3. The van der Waals surface area contributed by atoms with Gasteiger partial charge in [-0.2, -0.15) is 0 Å². The van der Waals surface area contributed by atoms with Gasteiger partial charge in [-0.1, -0.05) is 63.1 Å². The van der Waals surface area contributed by atoms with E-state index in [4.69, 9.17) is 21.7 Å². The predicted octanol–water partition coefficient (Wildman–Crippen LogP) is 2.85. The van der Waals surface area contributed by atoms with Gasteiger partial charge >= 0.3 is 11.9 Å². The Morgan fingerprint density at radius 3 is 1.54 bits per heavy atom. The minimum atomic E-state index is -1.34. The molecule has 6 heteroatoms. The Labute approximate surface area is 144 Å². The van der Waals surface area contributed by atoms with E-state index in [0.717, 1.165) is 25.7 Å². The number of carbonyl (C=O) groups is 2. The molecule has 0 radical (unpaired) electrons. The van der Waals surface area contributed by atoms with Crippen LogP contribution in [0.15, 0.2) is 36.5 Å². The SMILES string of the molecule is CC=CC(C)(N)C(=O)O.CCCC=CC(N)(C=CCCC)C(=O)O. The van der Waals surface area contributed by atoms with Crippen molar-refractivity contribution in [2.24, 2.45) is 11.5 Å². The number of carboxylic acids is 2. The van der Waals surface area contributed by atoms with Gasteiger partial charge in [-0.05, 0) is 26.7 Å². The minimum absolute atomic E-state index is 0.855. The molecule has 0 aromatic heterocycles. The number of rotatable bonds is 9. The normalized spacial score (nSPS) is 16.6. The molecule has 6 N–H and O–H groups in total. The van der Waals surface area contributed by atoms with Crippen molar-refractivity contribution in [2.45, 2.75) is 64.5 Å². The monoisotopic (exact) mass is 340 g/mol. The van der Waals surface area contributed by atoms with E-state index < -0.39 is 23.0 Å². The van der Waals surface area contributed by atoms with Gasteiger partial charge in [0.25, 0.3) is 0 Å². The summed E-state index contributed by atoms with van der Waals surface area (Å²) in [6.07, 6.45) is 13.5. The Morgan fingerprint density at radius 1 is 0.917 bits per heavy atom. The van der Waals surface area contributed by atoms with Crippen molar-refractivity contribution < 1.29 is 19.8 Å². The topological polar surface area (TPSA) is 127 Å². The average Bonchev–Trinajstić information content (AvgIpc) is 2.48. The lowest BCUT2D eigenvalue weighted by molar-refractivity contribution is -0.141. The molecule has 0 saturated heterocycles. The van der Waals surface area contributed by atoms with Gasteiger partial charge in [-0.25, -0.2) is 9.59 Å². The molecule has 0 heterocycles. The molecule has 138 valence electrons. The molecule has 1 atom stereocenters. The Kier molecular flexibility index (Phi) is 12.7. The maximum atomic E-state index is 11.0. The van der Waals surface area contributed by atoms with Gasteiger partial charge in [-0.15, -0.1) is 0 Å². The average molecular weight is 340 g/mol. The molecule has 24 heavy (non-hydrogen) atoms. The number of aliphatic carboxylic acids is 2. The van der Waals surface area contributed by atoms with Crippen molar-refractivity contribution in [3.05, 3.63) is 36.5 Å². The van der Waals surface area contributed by atoms with E-state index in [2.05, 4.69) is 0 Å². The van der Waals surface area contributed by atoms with Crippen LogP contribution in [0.25, 0.3) is 0 Å². The summed E-state index contributed by atoms with van der Waals surface area (Å²) in [5.41, 5.74) is 8.48. The molecule has 0 bridgehead atoms. The van der Waals surface area contributed by atoms with E-state index in [1.54, 1.807) is 25.2 Å². The van der Waals surface area contributed by atoms with E-state index >= 15 is 0 Å². The summed E-state index contributed by atoms with van der Waals surface area (Å²) in [4.78, 5) is 21.2. The number of hydrogen-bond acceptors (Lipinski definition) is 4. The van der Waals surface area contributed by atoms with Crippen molar-refractivity contribution in [1.82, 2.24) is 0 Å². The molecule has 0 aromatic carbocycles. The highest BCUT2D eigenvalue weighted by Crippen LogP contribution is 2.08. The molecule has 0 aliphatic heterocycles. The van der Waals surface area contributed by atoms with E-state index in [9.17, 15) is 9.59 Å². The molecule has 6 nitrogen and oxygen atoms in total. The lowest BCUT2D eigenvalue weighted by Crippen LogP contribution is -2.44. The third-order valence-corrected chi connectivity index (χ3v) is 3.04. The van der Waals surface area contributed by atoms with E-state index in [-0.39, 0.29) is 0 Å². The Hall–Kier alpha value is -1.92. The van der Waals surface area contributed by atoms with Gasteiger partial charge in [0, 0.05) is 0 Å². The van der Waals surface area contributed by atoms with Crippen molar-refractivity contribution >= 4 is 11.9 Å². The molecule has 0 aromatic rings. The van der Waals surface area contributed by atoms with Crippen LogP contribution >= 0.6 is 0 Å². The molecule has 0 rings (SSSR count). The molecule has 0 fully saturated rings. The fraction of sp³-hybridized carbons (Fsp3) is 0.556. The highest BCUT2D eigenvalue weighted by atomic mass is 16.4. The van der Waals surface area contributed by atoms with Gasteiger partial charge in [0.15, 0.2) is 5.54 Å². The first-order valence-corrected chi connectivity index (χ1v) is 8.11. The molecule has 0 aliphatic carbocycles. The van der Waals surface area contributed by atoms with Gasteiger partial charge in [0.1, 0.15) is 5.54 Å². The Balaban J connectivity index is 0. The highest BCUT2D eigenvalue weighted by Gasteiger charge is 2.27. The summed E-state index contributed by atoms with van der Waals surface area (Å²) in [6, 6.07) is 0. The second kappa shape index (κ2) is 12.5. The molecular weight excluding hydrogens is 308 g/mol. The highest BCUT2D eigenvalue weighted by molar-refractivity contribution is 5.84. The van der Waals surface area contributed by atoms with E-state index in [1.807, 2.05) is 26.0 Å². The van der Waals surface area contributed by atoms with Crippen LogP contribution < -0.4 is 11.5 Å². The van der Waals surface area contributed by atoms with Crippen molar-refractivity contribution in [1.29, 1.82) is 0 Å². The maximum Gasteiger partial charge on any atom is 0.331 e. The largest absolute Gasteiger partial charge is 0.480 e. The van der Waals surface area contributed by atoms with Crippen LogP contribution in [0.3, 0.4) is 0 Å². The van der Waals surface area contributed by atoms with Crippen molar-refractivity contribution in [3.63, 3.8) is 0 Å². The number of unbranched alkanes of at least 4 members (excludes halogenated alkanes) is 2. The second-order valence-corrected chi connectivity index (χ2v) is 5.71. The standard InChI is InChI=1S/C12H21NO2.C6H11NO2/c1-3-5-7-9-12(13,11(14)15)10-8-6-4-2;1-3-4-6(2,7)5(8)9/h7-10H,3-6,13H2,1-2H3,(H,14,15);3-4H,7H2,1-2H3,(H,8,9). The van der Waals surface area contributed by atoms with Crippen LogP contribution in [-0.4, -0.2) is 33.2 Å². The van der Waals surface area contributed by atoms with Crippen LogP contribution in [0.1, 0.15) is 53.4 Å². The minimum Gasteiger partial charge on any atom is -0.480 e. The van der Waals surface area contributed by atoms with Crippen LogP contribution in [0.2, 0.25) is 0 Å². The summed E-state index contributed by atoms with van der Waals surface area (Å²) in [5.74, 6) is -2.03. The molecule has 0 spiro atoms. The third-order valence-electron chi connectivity index (χ3n) is 3.04. The summed E-state index contributed by atoms with van der Waals surface area (Å²) < 4.78 is 0. The Bertz CT molecular complexity index is 450. The molecule has 1 unspecified atom stereocenters. The molecule has 0 amide bonds. The zero-order valence-corrected chi connectivity index (χ0v) is 15.2. The smallest absolute Gasteiger partial charge is 0.331 e. The first kappa shape index (κ1) is 24.3. The van der Waals surface area contributed by atoms with Crippen LogP contribution in [0.5, 0.6) is 0 Å². The number of hydrogen-bond donors (Lipinski definition) is 4. The second-order valence-electron chi connectivity index (χ2n) is 5.71. The van der Waals surface area contributed by atoms with Crippen LogP contribution in [0, 0.1) is 0 Å². The van der Waals surface area contributed by atoms with Crippen LogP contribution in [0.4, 0.5) is 0 Å². The predicted molar refractivity (Wildman–Crippen MR) is 97.7 cm³/mol. The quantitative estimate of drug-likeness (QED) is 0.478. The van der Waals surface area contributed by atoms with E-state index in [1.165, 1.54) is 13.0 Å².